The molecule has 0 aromatic heterocycles. The Kier molecular flexibility index (Phi) is 4.32. The predicted molar refractivity (Wildman–Crippen MR) is 81.4 cm³/mol. The summed E-state index contributed by atoms with van der Waals surface area (Å²) in [7, 11) is 4.21. The molecule has 1 atom stereocenters. The van der Waals surface area contributed by atoms with Gasteiger partial charge in [-0.1, -0.05) is 11.6 Å². The third-order valence-corrected chi connectivity index (χ3v) is 4.05. The molecule has 1 heterocycles. The molecule has 1 aliphatic heterocycles. The zero-order valence-electron chi connectivity index (χ0n) is 11.5. The summed E-state index contributed by atoms with van der Waals surface area (Å²) in [5.41, 5.74) is 7.32. The molecule has 1 aliphatic rings. The van der Waals surface area contributed by atoms with E-state index in [0.29, 0.717) is 16.6 Å². The quantitative estimate of drug-likeness (QED) is 0.656. The number of hydrogen-bond donors (Lipinski definition) is 2. The third kappa shape index (κ3) is 3.19. The molecule has 1 fully saturated rings. The molecule has 19 heavy (non-hydrogen) atoms. The van der Waals surface area contributed by atoms with Crippen molar-refractivity contribution >= 4 is 23.1 Å². The topological polar surface area (TPSA) is 56.4 Å². The summed E-state index contributed by atoms with van der Waals surface area (Å²) in [5, 5.41) is 8.28. The van der Waals surface area contributed by atoms with Gasteiger partial charge in [0.1, 0.15) is 5.84 Å². The number of likely N-dealkylation sites (N-methyl/N-ethyl adjacent to an activating group) is 2. The van der Waals surface area contributed by atoms with Crippen LogP contribution < -0.4 is 10.6 Å². The van der Waals surface area contributed by atoms with Gasteiger partial charge < -0.3 is 15.5 Å². The van der Waals surface area contributed by atoms with Gasteiger partial charge in [0.25, 0.3) is 0 Å². The first-order chi connectivity index (χ1) is 8.99. The molecule has 1 unspecified atom stereocenters. The number of nitrogens with zero attached hydrogens (tertiary/aromatic N) is 2. The molecule has 5 heteroatoms. The zero-order valence-corrected chi connectivity index (χ0v) is 12.2. The van der Waals surface area contributed by atoms with E-state index in [-0.39, 0.29) is 5.84 Å². The summed E-state index contributed by atoms with van der Waals surface area (Å²) in [6.45, 7) is 2.11. The van der Waals surface area contributed by atoms with Crippen LogP contribution in [-0.2, 0) is 0 Å². The second kappa shape index (κ2) is 5.80. The van der Waals surface area contributed by atoms with Gasteiger partial charge in [0.2, 0.25) is 0 Å². The Bertz CT molecular complexity index is 475. The van der Waals surface area contributed by atoms with Crippen molar-refractivity contribution in [2.24, 2.45) is 5.73 Å². The van der Waals surface area contributed by atoms with Crippen molar-refractivity contribution in [2.45, 2.75) is 18.9 Å². The van der Waals surface area contributed by atoms with Crippen LogP contribution in [0, 0.1) is 5.41 Å². The highest BCUT2D eigenvalue weighted by Gasteiger charge is 2.23. The Balaban J connectivity index is 2.18. The van der Waals surface area contributed by atoms with E-state index in [1.54, 1.807) is 6.07 Å². The lowest BCUT2D eigenvalue weighted by Gasteiger charge is -2.28. The van der Waals surface area contributed by atoms with Crippen LogP contribution in [0.2, 0.25) is 5.02 Å². The van der Waals surface area contributed by atoms with Gasteiger partial charge in [-0.05, 0) is 44.6 Å². The molecule has 1 aromatic carbocycles. The molecule has 0 spiro atoms. The Labute approximate surface area is 119 Å². The van der Waals surface area contributed by atoms with Crippen LogP contribution in [0.4, 0.5) is 5.69 Å². The van der Waals surface area contributed by atoms with Gasteiger partial charge in [0.15, 0.2) is 0 Å². The Hall–Kier alpha value is -1.26. The molecule has 0 amide bonds. The average molecular weight is 281 g/mol. The van der Waals surface area contributed by atoms with E-state index in [1.165, 1.54) is 19.4 Å². The first kappa shape index (κ1) is 14.2. The van der Waals surface area contributed by atoms with Crippen molar-refractivity contribution in [3.05, 3.63) is 28.8 Å². The fraction of sp³-hybridized carbons (Fsp3) is 0.500. The number of benzene rings is 1. The van der Waals surface area contributed by atoms with Crippen molar-refractivity contribution in [3.63, 3.8) is 0 Å². The molecular formula is C14H21ClN4. The lowest BCUT2D eigenvalue weighted by molar-refractivity contribution is 0.314. The third-order valence-electron chi connectivity index (χ3n) is 3.82. The average Bonchev–Trinajstić information content (AvgIpc) is 2.74. The molecule has 3 N–H and O–H groups in total. The van der Waals surface area contributed by atoms with E-state index in [1.807, 2.05) is 19.2 Å². The number of hydrogen-bond acceptors (Lipinski definition) is 3. The predicted octanol–water partition coefficient (Wildman–Crippen LogP) is 2.15. The Morgan fingerprint density at radius 1 is 1.58 bits per heavy atom. The molecule has 2 rings (SSSR count). The number of amidine groups is 1. The maximum absolute atomic E-state index is 7.67. The lowest BCUT2D eigenvalue weighted by atomic mass is 10.1. The number of halogens is 1. The monoisotopic (exact) mass is 280 g/mol. The minimum absolute atomic E-state index is 0.0594. The number of nitrogen functional groups attached to an aromatic ring is 1. The van der Waals surface area contributed by atoms with Gasteiger partial charge in [0.05, 0.1) is 0 Å². The maximum Gasteiger partial charge on any atom is 0.124 e. The van der Waals surface area contributed by atoms with Crippen molar-refractivity contribution in [1.82, 2.24) is 4.90 Å². The van der Waals surface area contributed by atoms with Crippen molar-refractivity contribution < 1.29 is 0 Å². The van der Waals surface area contributed by atoms with E-state index in [4.69, 9.17) is 22.7 Å². The summed E-state index contributed by atoms with van der Waals surface area (Å²) >= 11 is 5.98. The van der Waals surface area contributed by atoms with Gasteiger partial charge in [-0.3, -0.25) is 5.41 Å². The summed E-state index contributed by atoms with van der Waals surface area (Å²) in [6.07, 6.45) is 2.49. The van der Waals surface area contributed by atoms with Crippen LogP contribution in [0.1, 0.15) is 18.4 Å². The molecule has 4 nitrogen and oxygen atoms in total. The fourth-order valence-corrected chi connectivity index (χ4v) is 2.85. The Morgan fingerprint density at radius 2 is 2.32 bits per heavy atom. The number of nitrogens with one attached hydrogen (secondary N) is 1. The van der Waals surface area contributed by atoms with E-state index in [0.717, 1.165) is 12.2 Å². The normalized spacial score (nSPS) is 19.6. The number of likely N-dealkylation sites (tertiary alicyclic amines) is 1. The first-order valence-corrected chi connectivity index (χ1v) is 6.92. The van der Waals surface area contributed by atoms with Crippen molar-refractivity contribution in [1.29, 1.82) is 5.41 Å². The minimum atomic E-state index is 0.0594. The van der Waals surface area contributed by atoms with Crippen LogP contribution >= 0.6 is 11.6 Å². The highest BCUT2D eigenvalue weighted by molar-refractivity contribution is 6.31. The van der Waals surface area contributed by atoms with Crippen molar-refractivity contribution in [3.8, 4) is 0 Å². The van der Waals surface area contributed by atoms with E-state index >= 15 is 0 Å². The van der Waals surface area contributed by atoms with Crippen molar-refractivity contribution in [2.75, 3.05) is 32.1 Å². The molecule has 1 saturated heterocycles. The molecule has 0 aliphatic carbocycles. The largest absolute Gasteiger partial charge is 0.384 e. The standard InChI is InChI=1S/C14H21ClN4/c1-18-7-3-4-11(18)9-19(2)13-6-5-10(15)8-12(13)14(16)17/h5-6,8,11H,3-4,7,9H2,1-2H3,(H3,16,17). The second-order valence-corrected chi connectivity index (χ2v) is 5.67. The second-order valence-electron chi connectivity index (χ2n) is 5.23. The smallest absolute Gasteiger partial charge is 0.124 e. The summed E-state index contributed by atoms with van der Waals surface area (Å²) in [4.78, 5) is 4.55. The van der Waals surface area contributed by atoms with E-state index in [9.17, 15) is 0 Å². The fourth-order valence-electron chi connectivity index (χ4n) is 2.68. The van der Waals surface area contributed by atoms with Crippen LogP contribution in [-0.4, -0.2) is 44.0 Å². The van der Waals surface area contributed by atoms with Crippen LogP contribution in [0.15, 0.2) is 18.2 Å². The molecule has 0 saturated carbocycles. The molecular weight excluding hydrogens is 260 g/mol. The summed E-state index contributed by atoms with van der Waals surface area (Å²) < 4.78 is 0. The number of rotatable bonds is 4. The summed E-state index contributed by atoms with van der Waals surface area (Å²) in [6, 6.07) is 6.11. The molecule has 104 valence electrons. The maximum atomic E-state index is 7.67. The molecule has 0 bridgehead atoms. The van der Waals surface area contributed by atoms with E-state index < -0.39 is 0 Å². The molecule has 0 radical (unpaired) electrons. The van der Waals surface area contributed by atoms with Crippen LogP contribution in [0.3, 0.4) is 0 Å². The first-order valence-electron chi connectivity index (χ1n) is 6.54. The number of nitrogens with two attached hydrogens (primary N) is 1. The lowest BCUT2D eigenvalue weighted by Crippen LogP contribution is -2.37. The summed E-state index contributed by atoms with van der Waals surface area (Å²) in [5.74, 6) is 0.0594. The van der Waals surface area contributed by atoms with E-state index in [2.05, 4.69) is 16.8 Å². The van der Waals surface area contributed by atoms with Gasteiger partial charge in [-0.15, -0.1) is 0 Å². The SMILES string of the molecule is CN(CC1CCCN1C)c1ccc(Cl)cc1C(=N)N. The minimum Gasteiger partial charge on any atom is -0.384 e. The highest BCUT2D eigenvalue weighted by Crippen LogP contribution is 2.25. The van der Waals surface area contributed by atoms with Crippen LogP contribution in [0.25, 0.3) is 0 Å². The number of anilines is 1. The van der Waals surface area contributed by atoms with Gasteiger partial charge >= 0.3 is 0 Å². The van der Waals surface area contributed by atoms with Crippen LogP contribution in [0.5, 0.6) is 0 Å². The highest BCUT2D eigenvalue weighted by atomic mass is 35.5. The zero-order chi connectivity index (χ0) is 14.0. The van der Waals surface area contributed by atoms with Gasteiger partial charge in [-0.25, -0.2) is 0 Å². The molecule has 1 aromatic rings. The van der Waals surface area contributed by atoms with Gasteiger partial charge in [0, 0.05) is 35.9 Å². The van der Waals surface area contributed by atoms with Gasteiger partial charge in [-0.2, -0.15) is 0 Å². The Morgan fingerprint density at radius 3 is 2.89 bits per heavy atom.